The number of halogens is 1. The zero-order valence-corrected chi connectivity index (χ0v) is 18.2. The summed E-state index contributed by atoms with van der Waals surface area (Å²) in [5.74, 6) is -0.889. The fraction of sp³-hybridized carbons (Fsp3) is 0.238. The van der Waals surface area contributed by atoms with E-state index in [1.165, 1.54) is 27.0 Å². The van der Waals surface area contributed by atoms with Crippen LogP contribution in [0.4, 0.5) is 0 Å². The third-order valence-corrected chi connectivity index (χ3v) is 5.55. The van der Waals surface area contributed by atoms with Crippen LogP contribution in [0.15, 0.2) is 52.6 Å². The largest absolute Gasteiger partial charge is 0.350 e. The number of amides is 2. The molecule has 0 bridgehead atoms. The number of hydrogen-bond acceptors (Lipinski definition) is 5. The third-order valence-electron chi connectivity index (χ3n) is 4.42. The Bertz CT molecular complexity index is 1090. The molecule has 0 aliphatic rings. The summed E-state index contributed by atoms with van der Waals surface area (Å²) in [4.78, 5) is 40.0. The first-order valence-electron chi connectivity index (χ1n) is 9.34. The van der Waals surface area contributed by atoms with Crippen LogP contribution in [-0.2, 0) is 11.3 Å². The molecule has 0 aliphatic carbocycles. The highest BCUT2D eigenvalue weighted by atomic mass is 35.5. The van der Waals surface area contributed by atoms with Gasteiger partial charge in [0.2, 0.25) is 11.3 Å². The second kappa shape index (κ2) is 9.69. The van der Waals surface area contributed by atoms with Gasteiger partial charge in [0, 0.05) is 28.2 Å². The summed E-state index contributed by atoms with van der Waals surface area (Å²) >= 11 is 7.47. The lowest BCUT2D eigenvalue weighted by Crippen LogP contribution is -2.42. The van der Waals surface area contributed by atoms with Gasteiger partial charge in [0.05, 0.1) is 18.8 Å². The Balaban J connectivity index is 1.79. The topological polar surface area (TPSA) is 84.3 Å². The van der Waals surface area contributed by atoms with Crippen molar-refractivity contribution in [1.29, 1.82) is 0 Å². The van der Waals surface area contributed by atoms with Gasteiger partial charge in [-0.05, 0) is 49.6 Å². The van der Waals surface area contributed by atoms with Crippen LogP contribution in [0.1, 0.15) is 28.0 Å². The van der Waals surface area contributed by atoms with Gasteiger partial charge in [0.1, 0.15) is 0 Å². The Labute approximate surface area is 182 Å². The van der Waals surface area contributed by atoms with Crippen molar-refractivity contribution < 1.29 is 9.59 Å². The lowest BCUT2D eigenvalue weighted by Gasteiger charge is -2.20. The van der Waals surface area contributed by atoms with Gasteiger partial charge in [-0.25, -0.2) is 4.68 Å². The summed E-state index contributed by atoms with van der Waals surface area (Å²) in [5, 5.41) is 9.56. The first-order valence-corrected chi connectivity index (χ1v) is 10.6. The first kappa shape index (κ1) is 21.7. The highest BCUT2D eigenvalue weighted by Gasteiger charge is 2.22. The van der Waals surface area contributed by atoms with Crippen LogP contribution in [0, 0.1) is 6.92 Å². The molecule has 0 aliphatic heterocycles. The molecule has 0 saturated heterocycles. The number of nitrogens with one attached hydrogen (secondary N) is 1. The molecule has 0 fully saturated rings. The maximum absolute atomic E-state index is 13.0. The van der Waals surface area contributed by atoms with Gasteiger partial charge >= 0.3 is 0 Å². The van der Waals surface area contributed by atoms with Crippen molar-refractivity contribution in [3.63, 3.8) is 0 Å². The van der Waals surface area contributed by atoms with Gasteiger partial charge in [-0.15, -0.1) is 11.3 Å². The smallest absolute Gasteiger partial charge is 0.278 e. The van der Waals surface area contributed by atoms with Crippen LogP contribution in [0.5, 0.6) is 0 Å². The lowest BCUT2D eigenvalue weighted by atomic mass is 10.2. The van der Waals surface area contributed by atoms with E-state index in [2.05, 4.69) is 10.4 Å². The molecule has 3 rings (SSSR count). The molecular weight excluding hydrogens is 424 g/mol. The van der Waals surface area contributed by atoms with Gasteiger partial charge in [-0.3, -0.25) is 14.4 Å². The number of carbonyl (C=O) groups excluding carboxylic acids is 2. The Hall–Kier alpha value is -2.97. The molecule has 2 aromatic heterocycles. The van der Waals surface area contributed by atoms with E-state index in [-0.39, 0.29) is 24.7 Å². The van der Waals surface area contributed by atoms with E-state index in [9.17, 15) is 14.4 Å². The molecule has 7 nitrogen and oxygen atoms in total. The zero-order valence-electron chi connectivity index (χ0n) is 16.6. The summed E-state index contributed by atoms with van der Waals surface area (Å²) in [6, 6.07) is 12.1. The van der Waals surface area contributed by atoms with Gasteiger partial charge in [0.15, 0.2) is 5.69 Å². The van der Waals surface area contributed by atoms with Crippen LogP contribution in [0.2, 0.25) is 5.02 Å². The van der Waals surface area contributed by atoms with Gasteiger partial charge in [-0.2, -0.15) is 5.10 Å². The molecule has 0 unspecified atom stereocenters. The maximum Gasteiger partial charge on any atom is 0.278 e. The molecule has 2 heterocycles. The monoisotopic (exact) mass is 444 g/mol. The Morgan fingerprint density at radius 1 is 1.23 bits per heavy atom. The fourth-order valence-electron chi connectivity index (χ4n) is 2.84. The SMILES string of the molecule is CCN(CC(=O)NCc1cccs1)C(=O)c1nn(-c2ccc(Cl)cc2)c(C)cc1=O. The van der Waals surface area contributed by atoms with Crippen LogP contribution in [0.25, 0.3) is 5.69 Å². The van der Waals surface area contributed by atoms with Crippen LogP contribution >= 0.6 is 22.9 Å². The summed E-state index contributed by atoms with van der Waals surface area (Å²) < 4.78 is 1.51. The summed E-state index contributed by atoms with van der Waals surface area (Å²) in [6.07, 6.45) is 0. The minimum Gasteiger partial charge on any atom is -0.350 e. The van der Waals surface area contributed by atoms with E-state index in [1.807, 2.05) is 17.5 Å². The molecular formula is C21H21ClN4O3S. The van der Waals surface area contributed by atoms with Crippen molar-refractivity contribution in [2.45, 2.75) is 20.4 Å². The number of nitrogens with zero attached hydrogens (tertiary/aromatic N) is 3. The van der Waals surface area contributed by atoms with Crippen LogP contribution in [0.3, 0.4) is 0 Å². The zero-order chi connectivity index (χ0) is 21.7. The molecule has 1 aromatic carbocycles. The number of rotatable bonds is 7. The molecule has 2 amide bonds. The summed E-state index contributed by atoms with van der Waals surface area (Å²) in [6.45, 7) is 3.98. The van der Waals surface area contributed by atoms with E-state index in [1.54, 1.807) is 38.1 Å². The van der Waals surface area contributed by atoms with Crippen molar-refractivity contribution >= 4 is 34.8 Å². The predicted molar refractivity (Wildman–Crippen MR) is 117 cm³/mol. The highest BCUT2D eigenvalue weighted by Crippen LogP contribution is 2.14. The Morgan fingerprint density at radius 3 is 2.60 bits per heavy atom. The number of hydrogen-bond donors (Lipinski definition) is 1. The van der Waals surface area contributed by atoms with E-state index >= 15 is 0 Å². The molecule has 0 saturated carbocycles. The molecule has 0 spiro atoms. The van der Waals surface area contributed by atoms with Crippen molar-refractivity contribution in [1.82, 2.24) is 20.0 Å². The Morgan fingerprint density at radius 2 is 1.97 bits per heavy atom. The molecule has 3 aromatic rings. The van der Waals surface area contributed by atoms with E-state index in [0.29, 0.717) is 22.9 Å². The molecule has 0 radical (unpaired) electrons. The van der Waals surface area contributed by atoms with E-state index < -0.39 is 11.3 Å². The minimum atomic E-state index is -0.587. The van der Waals surface area contributed by atoms with Gasteiger partial charge in [-0.1, -0.05) is 17.7 Å². The number of thiophene rings is 1. The maximum atomic E-state index is 13.0. The van der Waals surface area contributed by atoms with Crippen molar-refractivity contribution in [3.05, 3.63) is 79.4 Å². The Kier molecular flexibility index (Phi) is 7.02. The fourth-order valence-corrected chi connectivity index (χ4v) is 3.61. The quantitative estimate of drug-likeness (QED) is 0.607. The van der Waals surface area contributed by atoms with Gasteiger partial charge < -0.3 is 10.2 Å². The molecule has 0 atom stereocenters. The lowest BCUT2D eigenvalue weighted by molar-refractivity contribution is -0.121. The average Bonchev–Trinajstić information content (AvgIpc) is 3.25. The molecule has 156 valence electrons. The number of aromatic nitrogens is 2. The normalized spacial score (nSPS) is 10.6. The number of carbonyl (C=O) groups is 2. The number of likely N-dealkylation sites (N-methyl/N-ethyl adjacent to an activating group) is 1. The average molecular weight is 445 g/mol. The summed E-state index contributed by atoms with van der Waals surface area (Å²) in [7, 11) is 0. The third kappa shape index (κ3) is 5.14. The summed E-state index contributed by atoms with van der Waals surface area (Å²) in [5.41, 5.74) is 0.530. The molecule has 9 heteroatoms. The molecule has 30 heavy (non-hydrogen) atoms. The van der Waals surface area contributed by atoms with Crippen LogP contribution in [-0.4, -0.2) is 39.6 Å². The second-order valence-corrected chi connectivity index (χ2v) is 8.03. The predicted octanol–water partition coefficient (Wildman–Crippen LogP) is 3.03. The molecule has 1 N–H and O–H groups in total. The van der Waals surface area contributed by atoms with Crippen molar-refractivity contribution in [2.75, 3.05) is 13.1 Å². The number of aryl methyl sites for hydroxylation is 1. The van der Waals surface area contributed by atoms with Gasteiger partial charge in [0.25, 0.3) is 5.91 Å². The van der Waals surface area contributed by atoms with Crippen LogP contribution < -0.4 is 10.7 Å². The highest BCUT2D eigenvalue weighted by molar-refractivity contribution is 7.09. The van der Waals surface area contributed by atoms with E-state index in [0.717, 1.165) is 4.88 Å². The van der Waals surface area contributed by atoms with Crippen molar-refractivity contribution in [2.24, 2.45) is 0 Å². The standard InChI is InChI=1S/C21H21ClN4O3S/c1-3-25(13-19(28)23-12-17-5-4-10-30-17)21(29)20-18(27)11-14(2)26(24-20)16-8-6-15(22)7-9-16/h4-11H,3,12-13H2,1-2H3,(H,23,28). The first-order chi connectivity index (χ1) is 14.4. The van der Waals surface area contributed by atoms with Crippen molar-refractivity contribution in [3.8, 4) is 5.69 Å². The minimum absolute atomic E-state index is 0.156. The van der Waals surface area contributed by atoms with E-state index in [4.69, 9.17) is 11.6 Å². The number of benzene rings is 1. The second-order valence-electron chi connectivity index (χ2n) is 6.56.